The van der Waals surface area contributed by atoms with E-state index >= 15 is 0 Å². The maximum Gasteiger partial charge on any atom is 0.294 e. The van der Waals surface area contributed by atoms with E-state index in [4.69, 9.17) is 14.2 Å². The van der Waals surface area contributed by atoms with Gasteiger partial charge >= 0.3 is 0 Å². The molecule has 0 aromatic heterocycles. The summed E-state index contributed by atoms with van der Waals surface area (Å²) in [5.74, 6) is 0.161. The molecular formula is C32H33FN2O8S. The largest absolute Gasteiger partial charge is 0.492 e. The highest BCUT2D eigenvalue weighted by Gasteiger charge is 2.31. The summed E-state index contributed by atoms with van der Waals surface area (Å²) in [6.07, 6.45) is 6.92. The molecule has 5 rings (SSSR count). The third kappa shape index (κ3) is 6.59. The first-order chi connectivity index (χ1) is 21.2. The van der Waals surface area contributed by atoms with Gasteiger partial charge in [0.2, 0.25) is 5.75 Å². The number of fused-ring (bicyclic) bond motifs is 3. The molecule has 0 radical (unpaired) electrons. The predicted molar refractivity (Wildman–Crippen MR) is 163 cm³/mol. The molecule has 0 bridgehead atoms. The van der Waals surface area contributed by atoms with Crippen LogP contribution >= 0.6 is 11.8 Å². The predicted octanol–water partition coefficient (Wildman–Crippen LogP) is 6.04. The Hall–Kier alpha value is -4.32. The van der Waals surface area contributed by atoms with Gasteiger partial charge in [0.1, 0.15) is 12.4 Å². The molecule has 0 spiro atoms. The molecule has 0 saturated heterocycles. The maximum atomic E-state index is 14.4. The number of amides is 1. The van der Waals surface area contributed by atoms with Crippen molar-refractivity contribution in [2.45, 2.75) is 62.2 Å². The van der Waals surface area contributed by atoms with E-state index in [0.717, 1.165) is 48.9 Å². The van der Waals surface area contributed by atoms with Crippen LogP contribution in [0.2, 0.25) is 0 Å². The van der Waals surface area contributed by atoms with Gasteiger partial charge in [0.25, 0.3) is 11.0 Å². The number of aryl methyl sites for hydroxylation is 1. The molecule has 0 unspecified atom stereocenters. The van der Waals surface area contributed by atoms with Crippen LogP contribution < -0.4 is 25.0 Å². The third-order valence-electron chi connectivity index (χ3n) is 7.96. The molecule has 3 aromatic carbocycles. The molecule has 232 valence electrons. The fourth-order valence-electron chi connectivity index (χ4n) is 5.97. The number of thioether (sulfide) groups is 1. The highest BCUT2D eigenvalue weighted by molar-refractivity contribution is 7.98. The maximum absolute atomic E-state index is 14.4. The number of methoxy groups -OCH3 is 2. The van der Waals surface area contributed by atoms with Gasteiger partial charge in [0.05, 0.1) is 31.3 Å². The number of ether oxygens (including phenoxy) is 3. The smallest absolute Gasteiger partial charge is 0.294 e. The van der Waals surface area contributed by atoms with E-state index in [1.165, 1.54) is 23.9 Å². The van der Waals surface area contributed by atoms with E-state index in [-0.39, 0.29) is 22.7 Å². The summed E-state index contributed by atoms with van der Waals surface area (Å²) in [5, 5.41) is 12.6. The van der Waals surface area contributed by atoms with Crippen molar-refractivity contribution in [3.63, 3.8) is 0 Å². The van der Waals surface area contributed by atoms with Crippen LogP contribution in [-0.4, -0.2) is 37.6 Å². The highest BCUT2D eigenvalue weighted by Crippen LogP contribution is 2.51. The normalized spacial score (nSPS) is 15.9. The Morgan fingerprint density at radius 2 is 1.82 bits per heavy atom. The van der Waals surface area contributed by atoms with Crippen molar-refractivity contribution in [2.75, 3.05) is 20.5 Å². The van der Waals surface area contributed by atoms with Crippen LogP contribution in [0.15, 0.2) is 52.2 Å². The van der Waals surface area contributed by atoms with Crippen LogP contribution in [0.5, 0.6) is 17.2 Å². The summed E-state index contributed by atoms with van der Waals surface area (Å²) >= 11 is 1.32. The SMILES string of the molecule is COc1c(OC2CCCC2)cc2c(c1OC)-c1ccc(SC)c(=O)cc1[C@@H](NC(=O)c1cc(F)cc(CO[N+](=O)[O-])c1)CC2. The fourth-order valence-corrected chi connectivity index (χ4v) is 6.44. The van der Waals surface area contributed by atoms with E-state index in [9.17, 15) is 24.1 Å². The number of rotatable bonds is 10. The molecule has 1 atom stereocenters. The lowest BCUT2D eigenvalue weighted by atomic mass is 9.95. The fraction of sp³-hybridized carbons (Fsp3) is 0.375. The second kappa shape index (κ2) is 13.5. The number of hydrogen-bond acceptors (Lipinski definition) is 9. The molecule has 3 aromatic rings. The standard InChI is InChI=1S/C32H33FN2O8S/c1-40-30-27(43-22-6-4-5-7-22)15-19-8-10-25(34-32(37)20-12-18(13-21(33)14-20)17-42-35(38)39)24-16-26(36)28(44-3)11-9-23(24)29(19)31(30)41-2/h9,11-16,22,25H,4-8,10,17H2,1-3H3,(H,34,37)/t25-/m0/s1. The Morgan fingerprint density at radius 1 is 1.07 bits per heavy atom. The number of benzene rings is 2. The quantitative estimate of drug-likeness (QED) is 0.163. The van der Waals surface area contributed by atoms with E-state index in [2.05, 4.69) is 10.2 Å². The second-order valence-corrected chi connectivity index (χ2v) is 11.5. The van der Waals surface area contributed by atoms with Crippen LogP contribution in [-0.2, 0) is 17.9 Å². The Balaban J connectivity index is 1.60. The van der Waals surface area contributed by atoms with E-state index < -0.39 is 29.5 Å². The second-order valence-electron chi connectivity index (χ2n) is 10.7. The average molecular weight is 625 g/mol. The summed E-state index contributed by atoms with van der Waals surface area (Å²) in [5.41, 5.74) is 2.78. The van der Waals surface area contributed by atoms with Crippen molar-refractivity contribution in [3.05, 3.63) is 90.9 Å². The van der Waals surface area contributed by atoms with Crippen molar-refractivity contribution < 1.29 is 33.3 Å². The lowest BCUT2D eigenvalue weighted by Gasteiger charge is -2.22. The van der Waals surface area contributed by atoms with Gasteiger partial charge < -0.3 is 24.4 Å². The number of hydrogen-bond donors (Lipinski definition) is 1. The number of nitrogens with zero attached hydrogens (tertiary/aromatic N) is 1. The van der Waals surface area contributed by atoms with Crippen LogP contribution in [0.3, 0.4) is 0 Å². The molecular weight excluding hydrogens is 591 g/mol. The first kappa shape index (κ1) is 31.1. The minimum atomic E-state index is -0.985. The molecule has 44 heavy (non-hydrogen) atoms. The van der Waals surface area contributed by atoms with Gasteiger partial charge in [0.15, 0.2) is 16.9 Å². The average Bonchev–Trinajstić information content (AvgIpc) is 3.40. The molecule has 2 aliphatic carbocycles. The summed E-state index contributed by atoms with van der Waals surface area (Å²) in [7, 11) is 3.11. The van der Waals surface area contributed by atoms with Crippen LogP contribution in [0, 0.1) is 15.9 Å². The number of carbonyl (C=O) groups excluding carboxylic acids is 1. The first-order valence-electron chi connectivity index (χ1n) is 14.3. The van der Waals surface area contributed by atoms with Gasteiger partial charge in [-0.2, -0.15) is 0 Å². The molecule has 1 saturated carbocycles. The number of nitrogens with one attached hydrogen (secondary N) is 1. The van der Waals surface area contributed by atoms with Crippen LogP contribution in [0.25, 0.3) is 11.1 Å². The molecule has 2 aliphatic rings. The topological polar surface area (TPSA) is 126 Å². The first-order valence-corrected chi connectivity index (χ1v) is 15.5. The van der Waals surface area contributed by atoms with E-state index in [0.29, 0.717) is 46.1 Å². The number of carbonyl (C=O) groups is 1. The molecule has 10 nitrogen and oxygen atoms in total. The van der Waals surface area contributed by atoms with Gasteiger partial charge in [-0.25, -0.2) is 4.39 Å². The molecule has 12 heteroatoms. The van der Waals surface area contributed by atoms with Crippen molar-refractivity contribution in [3.8, 4) is 28.4 Å². The molecule has 0 heterocycles. The third-order valence-corrected chi connectivity index (χ3v) is 8.74. The van der Waals surface area contributed by atoms with E-state index in [1.807, 2.05) is 18.4 Å². The summed E-state index contributed by atoms with van der Waals surface area (Å²) in [4.78, 5) is 42.3. The Labute approximate surface area is 258 Å². The minimum absolute atomic E-state index is 0.0331. The number of halogens is 1. The van der Waals surface area contributed by atoms with Crippen molar-refractivity contribution in [2.24, 2.45) is 0 Å². The van der Waals surface area contributed by atoms with Crippen molar-refractivity contribution in [1.82, 2.24) is 5.32 Å². The molecule has 1 N–H and O–H groups in total. The monoisotopic (exact) mass is 624 g/mol. The van der Waals surface area contributed by atoms with Gasteiger partial charge in [-0.15, -0.1) is 21.9 Å². The lowest BCUT2D eigenvalue weighted by Crippen LogP contribution is -2.29. The van der Waals surface area contributed by atoms with Gasteiger partial charge in [-0.05, 0) is 103 Å². The molecule has 1 fully saturated rings. The van der Waals surface area contributed by atoms with Gasteiger partial charge in [0, 0.05) is 11.1 Å². The Morgan fingerprint density at radius 3 is 2.50 bits per heavy atom. The molecule has 0 aliphatic heterocycles. The Kier molecular flexibility index (Phi) is 9.58. The summed E-state index contributed by atoms with van der Waals surface area (Å²) in [6, 6.07) is 9.89. The van der Waals surface area contributed by atoms with Gasteiger partial charge in [-0.3, -0.25) is 9.59 Å². The zero-order valence-corrected chi connectivity index (χ0v) is 25.5. The molecule has 1 amide bonds. The highest BCUT2D eigenvalue weighted by atomic mass is 32.2. The van der Waals surface area contributed by atoms with Crippen LogP contribution in [0.4, 0.5) is 4.39 Å². The summed E-state index contributed by atoms with van der Waals surface area (Å²) in [6.45, 7) is -0.508. The summed E-state index contributed by atoms with van der Waals surface area (Å²) < 4.78 is 32.6. The minimum Gasteiger partial charge on any atom is -0.492 e. The zero-order chi connectivity index (χ0) is 31.4. The van der Waals surface area contributed by atoms with Gasteiger partial charge in [-0.1, -0.05) is 6.07 Å². The van der Waals surface area contributed by atoms with Crippen LogP contribution in [0.1, 0.15) is 65.2 Å². The van der Waals surface area contributed by atoms with Crippen molar-refractivity contribution >= 4 is 17.7 Å². The van der Waals surface area contributed by atoms with Crippen molar-refractivity contribution in [1.29, 1.82) is 0 Å². The van der Waals surface area contributed by atoms with E-state index in [1.54, 1.807) is 20.3 Å². The zero-order valence-electron chi connectivity index (χ0n) is 24.6. The Bertz CT molecular complexity index is 1640. The lowest BCUT2D eigenvalue weighted by molar-refractivity contribution is -0.763.